The molecule has 10 heavy (non-hydrogen) atoms. The van der Waals surface area contributed by atoms with E-state index in [1.54, 1.807) is 0 Å². The number of carbonyl (C=O) groups is 1. The smallest absolute Gasteiger partial charge is 0.122 e. The molecule has 0 radical (unpaired) electrons. The van der Waals surface area contributed by atoms with Gasteiger partial charge in [-0.1, -0.05) is 13.0 Å². The molecular weight excluding hydrogens is 144 g/mol. The van der Waals surface area contributed by atoms with Crippen LogP contribution >= 0.6 is 11.8 Å². The fourth-order valence-corrected chi connectivity index (χ4v) is 2.13. The highest BCUT2D eigenvalue weighted by Crippen LogP contribution is 2.28. The summed E-state index contributed by atoms with van der Waals surface area (Å²) >= 11 is 1.85. The molecule has 0 amide bonds. The largest absolute Gasteiger partial charge is 0.303 e. The molecule has 2 atom stereocenters. The summed E-state index contributed by atoms with van der Waals surface area (Å²) in [6.45, 7) is 1.98. The van der Waals surface area contributed by atoms with Crippen LogP contribution in [0.4, 0.5) is 0 Å². The second kappa shape index (κ2) is 3.81. The molecule has 0 aromatic carbocycles. The number of carbonyl (C=O) groups excluding carboxylic acids is 1. The Balaban J connectivity index is 2.19. The quantitative estimate of drug-likeness (QED) is 0.583. The fourth-order valence-electron chi connectivity index (χ4n) is 1.05. The lowest BCUT2D eigenvalue weighted by Gasteiger charge is -2.08. The molecule has 1 heterocycles. The number of hydrogen-bond donors (Lipinski definition) is 0. The summed E-state index contributed by atoms with van der Waals surface area (Å²) in [6, 6.07) is 0. The van der Waals surface area contributed by atoms with Crippen LogP contribution < -0.4 is 0 Å². The molecule has 0 aliphatic carbocycles. The zero-order valence-corrected chi connectivity index (χ0v) is 6.93. The predicted molar refractivity (Wildman–Crippen MR) is 45.0 cm³/mol. The van der Waals surface area contributed by atoms with E-state index in [0.29, 0.717) is 5.25 Å². The molecule has 2 heteroatoms. The second-order valence-electron chi connectivity index (χ2n) is 2.71. The van der Waals surface area contributed by atoms with Gasteiger partial charge in [-0.3, -0.25) is 0 Å². The molecule has 0 bridgehead atoms. The molecule has 0 aromatic heterocycles. The van der Waals surface area contributed by atoms with Crippen molar-refractivity contribution < 1.29 is 4.79 Å². The summed E-state index contributed by atoms with van der Waals surface area (Å²) in [5.41, 5.74) is 0. The highest BCUT2D eigenvalue weighted by atomic mass is 32.2. The standard InChI is InChI=1S/C8H12OS/c1-7(6-9)5-8-3-2-4-10-8/h2,4,6-8H,3,5H2,1H3. The summed E-state index contributed by atoms with van der Waals surface area (Å²) in [7, 11) is 0. The van der Waals surface area contributed by atoms with Crippen molar-refractivity contribution in [3.63, 3.8) is 0 Å². The van der Waals surface area contributed by atoms with Gasteiger partial charge in [0.05, 0.1) is 0 Å². The number of aldehydes is 1. The summed E-state index contributed by atoms with van der Waals surface area (Å²) in [4.78, 5) is 10.3. The van der Waals surface area contributed by atoms with Crippen molar-refractivity contribution in [2.75, 3.05) is 0 Å². The molecule has 0 N–H and O–H groups in total. The van der Waals surface area contributed by atoms with Crippen molar-refractivity contribution in [1.29, 1.82) is 0 Å². The van der Waals surface area contributed by atoms with E-state index >= 15 is 0 Å². The fraction of sp³-hybridized carbons (Fsp3) is 0.625. The van der Waals surface area contributed by atoms with E-state index < -0.39 is 0 Å². The van der Waals surface area contributed by atoms with Crippen LogP contribution in [0.3, 0.4) is 0 Å². The molecule has 0 spiro atoms. The summed E-state index contributed by atoms with van der Waals surface area (Å²) in [5.74, 6) is 0.234. The molecule has 0 saturated carbocycles. The van der Waals surface area contributed by atoms with Gasteiger partial charge in [-0.25, -0.2) is 0 Å². The average Bonchev–Trinajstić information content (AvgIpc) is 2.40. The Labute approximate surface area is 65.9 Å². The third-order valence-electron chi connectivity index (χ3n) is 1.63. The van der Waals surface area contributed by atoms with Crippen LogP contribution in [0.5, 0.6) is 0 Å². The average molecular weight is 156 g/mol. The number of thioether (sulfide) groups is 1. The van der Waals surface area contributed by atoms with Crippen LogP contribution in [0.2, 0.25) is 0 Å². The van der Waals surface area contributed by atoms with Crippen LogP contribution in [0.1, 0.15) is 19.8 Å². The maximum atomic E-state index is 10.3. The Bertz CT molecular complexity index is 134. The molecule has 0 saturated heterocycles. The third kappa shape index (κ3) is 2.18. The van der Waals surface area contributed by atoms with Gasteiger partial charge in [0.15, 0.2) is 0 Å². The Morgan fingerprint density at radius 2 is 2.70 bits per heavy atom. The third-order valence-corrected chi connectivity index (χ3v) is 2.75. The van der Waals surface area contributed by atoms with E-state index in [0.717, 1.165) is 19.1 Å². The lowest BCUT2D eigenvalue weighted by Crippen LogP contribution is -2.05. The van der Waals surface area contributed by atoms with Gasteiger partial charge in [0.25, 0.3) is 0 Å². The first-order valence-corrected chi connectivity index (χ1v) is 4.53. The van der Waals surface area contributed by atoms with Crippen molar-refractivity contribution in [2.24, 2.45) is 5.92 Å². The van der Waals surface area contributed by atoms with E-state index in [9.17, 15) is 4.79 Å². The van der Waals surface area contributed by atoms with E-state index in [-0.39, 0.29) is 5.92 Å². The Hall–Kier alpha value is -0.240. The summed E-state index contributed by atoms with van der Waals surface area (Å²) in [6.07, 6.45) is 5.38. The molecule has 2 unspecified atom stereocenters. The first kappa shape index (κ1) is 7.86. The van der Waals surface area contributed by atoms with Crippen LogP contribution in [-0.2, 0) is 4.79 Å². The second-order valence-corrected chi connectivity index (χ2v) is 3.93. The van der Waals surface area contributed by atoms with Gasteiger partial charge in [-0.05, 0) is 18.2 Å². The van der Waals surface area contributed by atoms with Crippen LogP contribution in [-0.4, -0.2) is 11.5 Å². The molecule has 1 nitrogen and oxygen atoms in total. The highest BCUT2D eigenvalue weighted by molar-refractivity contribution is 8.03. The van der Waals surface area contributed by atoms with Crippen molar-refractivity contribution in [3.05, 3.63) is 11.5 Å². The van der Waals surface area contributed by atoms with Gasteiger partial charge in [-0.15, -0.1) is 11.8 Å². The Morgan fingerprint density at radius 3 is 3.20 bits per heavy atom. The Morgan fingerprint density at radius 1 is 1.90 bits per heavy atom. The van der Waals surface area contributed by atoms with Gasteiger partial charge in [-0.2, -0.15) is 0 Å². The monoisotopic (exact) mass is 156 g/mol. The minimum absolute atomic E-state index is 0.234. The van der Waals surface area contributed by atoms with E-state index in [1.165, 1.54) is 0 Å². The minimum atomic E-state index is 0.234. The maximum Gasteiger partial charge on any atom is 0.122 e. The summed E-state index contributed by atoms with van der Waals surface area (Å²) < 4.78 is 0. The first-order valence-electron chi connectivity index (χ1n) is 3.58. The lowest BCUT2D eigenvalue weighted by atomic mass is 10.1. The van der Waals surface area contributed by atoms with Crippen LogP contribution in [0.15, 0.2) is 11.5 Å². The van der Waals surface area contributed by atoms with Gasteiger partial charge in [0, 0.05) is 11.2 Å². The predicted octanol–water partition coefficient (Wildman–Crippen LogP) is 2.23. The molecule has 0 aromatic rings. The minimum Gasteiger partial charge on any atom is -0.303 e. The van der Waals surface area contributed by atoms with Crippen LogP contribution in [0, 0.1) is 5.92 Å². The number of allylic oxidation sites excluding steroid dienone is 1. The molecule has 1 rings (SSSR count). The topological polar surface area (TPSA) is 17.1 Å². The molecular formula is C8H12OS. The zero-order valence-electron chi connectivity index (χ0n) is 6.12. The van der Waals surface area contributed by atoms with Crippen molar-refractivity contribution >= 4 is 18.0 Å². The highest BCUT2D eigenvalue weighted by Gasteiger charge is 2.13. The maximum absolute atomic E-state index is 10.3. The van der Waals surface area contributed by atoms with Crippen molar-refractivity contribution in [2.45, 2.75) is 25.0 Å². The molecule has 1 aliphatic rings. The van der Waals surface area contributed by atoms with Crippen LogP contribution in [0.25, 0.3) is 0 Å². The van der Waals surface area contributed by atoms with Gasteiger partial charge in [0.1, 0.15) is 6.29 Å². The molecule has 0 fully saturated rings. The number of hydrogen-bond acceptors (Lipinski definition) is 2. The Kier molecular flexibility index (Phi) is 3.00. The summed E-state index contributed by atoms with van der Waals surface area (Å²) in [5, 5.41) is 2.79. The molecule has 1 aliphatic heterocycles. The van der Waals surface area contributed by atoms with Crippen molar-refractivity contribution in [1.82, 2.24) is 0 Å². The number of rotatable bonds is 3. The SMILES string of the molecule is CC(C=O)CC1CC=CS1. The van der Waals surface area contributed by atoms with Gasteiger partial charge >= 0.3 is 0 Å². The lowest BCUT2D eigenvalue weighted by molar-refractivity contribution is -0.110. The zero-order chi connectivity index (χ0) is 7.40. The van der Waals surface area contributed by atoms with E-state index in [2.05, 4.69) is 11.5 Å². The molecule has 56 valence electrons. The normalized spacial score (nSPS) is 26.7. The first-order chi connectivity index (χ1) is 4.83. The van der Waals surface area contributed by atoms with Gasteiger partial charge < -0.3 is 4.79 Å². The van der Waals surface area contributed by atoms with E-state index in [4.69, 9.17) is 0 Å². The van der Waals surface area contributed by atoms with Gasteiger partial charge in [0.2, 0.25) is 0 Å². The van der Waals surface area contributed by atoms with E-state index in [1.807, 2.05) is 18.7 Å². The van der Waals surface area contributed by atoms with Crippen molar-refractivity contribution in [3.8, 4) is 0 Å².